The van der Waals surface area contributed by atoms with Gasteiger partial charge in [0.05, 0.1) is 5.92 Å². The first-order valence-electron chi connectivity index (χ1n) is 8.46. The first-order chi connectivity index (χ1) is 10.7. The molecular weight excluding hydrogens is 276 g/mol. The number of hydrogen-bond donors (Lipinski definition) is 1. The Balaban J connectivity index is 1.70. The summed E-state index contributed by atoms with van der Waals surface area (Å²) in [7, 11) is 0. The van der Waals surface area contributed by atoms with Crippen molar-refractivity contribution in [2.75, 3.05) is 26.2 Å². The fourth-order valence-corrected chi connectivity index (χ4v) is 3.35. The molecule has 1 heterocycles. The number of aryl methyl sites for hydroxylation is 1. The summed E-state index contributed by atoms with van der Waals surface area (Å²) < 4.78 is 5.77. The molecule has 0 aromatic heterocycles. The van der Waals surface area contributed by atoms with E-state index in [1.54, 1.807) is 0 Å². The SMILES string of the molecule is Cc1ccc(CN2CCNCC2)c(OC(=O)C2CCCC2)c1. The van der Waals surface area contributed by atoms with Crippen molar-refractivity contribution < 1.29 is 9.53 Å². The highest BCUT2D eigenvalue weighted by molar-refractivity contribution is 5.75. The van der Waals surface area contributed by atoms with E-state index in [0.717, 1.165) is 75.3 Å². The molecule has 0 unspecified atom stereocenters. The van der Waals surface area contributed by atoms with Crippen LogP contribution in [0.3, 0.4) is 0 Å². The lowest BCUT2D eigenvalue weighted by Crippen LogP contribution is -2.42. The molecule has 1 saturated heterocycles. The van der Waals surface area contributed by atoms with Crippen LogP contribution in [0.1, 0.15) is 36.8 Å². The Hall–Kier alpha value is -1.39. The maximum atomic E-state index is 12.3. The summed E-state index contributed by atoms with van der Waals surface area (Å²) in [5, 5.41) is 3.37. The molecule has 2 aliphatic rings. The Kier molecular flexibility index (Phi) is 5.11. The van der Waals surface area contributed by atoms with E-state index in [4.69, 9.17) is 4.74 Å². The number of carbonyl (C=O) groups excluding carboxylic acids is 1. The third-order valence-corrected chi connectivity index (χ3v) is 4.73. The second kappa shape index (κ2) is 7.25. The molecule has 2 fully saturated rings. The summed E-state index contributed by atoms with van der Waals surface area (Å²) >= 11 is 0. The maximum Gasteiger partial charge on any atom is 0.314 e. The minimum absolute atomic E-state index is 0.0374. The second-order valence-electron chi connectivity index (χ2n) is 6.54. The number of benzene rings is 1. The van der Waals surface area contributed by atoms with Crippen LogP contribution in [0.15, 0.2) is 18.2 Å². The molecular formula is C18H26N2O2. The van der Waals surface area contributed by atoms with E-state index >= 15 is 0 Å². The summed E-state index contributed by atoms with van der Waals surface area (Å²) in [5.41, 5.74) is 2.26. The molecule has 1 aromatic carbocycles. The highest BCUT2D eigenvalue weighted by Gasteiger charge is 2.25. The predicted octanol–water partition coefficient (Wildman–Crippen LogP) is 2.50. The van der Waals surface area contributed by atoms with Crippen molar-refractivity contribution in [3.63, 3.8) is 0 Å². The van der Waals surface area contributed by atoms with Crippen LogP contribution in [0.4, 0.5) is 0 Å². The number of rotatable bonds is 4. The highest BCUT2D eigenvalue weighted by Crippen LogP contribution is 2.28. The fourth-order valence-electron chi connectivity index (χ4n) is 3.35. The van der Waals surface area contributed by atoms with E-state index in [-0.39, 0.29) is 11.9 Å². The van der Waals surface area contributed by atoms with E-state index in [1.807, 2.05) is 13.0 Å². The van der Waals surface area contributed by atoms with Gasteiger partial charge in [0.15, 0.2) is 0 Å². The van der Waals surface area contributed by atoms with Gasteiger partial charge in [-0.15, -0.1) is 0 Å². The van der Waals surface area contributed by atoms with Gasteiger partial charge in [0.2, 0.25) is 0 Å². The van der Waals surface area contributed by atoms with Crippen LogP contribution in [-0.4, -0.2) is 37.0 Å². The lowest BCUT2D eigenvalue weighted by atomic mass is 10.1. The molecule has 3 rings (SSSR count). The number of nitrogens with one attached hydrogen (secondary N) is 1. The van der Waals surface area contributed by atoms with Gasteiger partial charge in [0, 0.05) is 38.3 Å². The summed E-state index contributed by atoms with van der Waals surface area (Å²) in [6.07, 6.45) is 4.28. The number of carbonyl (C=O) groups is 1. The van der Waals surface area contributed by atoms with Crippen molar-refractivity contribution in [2.24, 2.45) is 5.92 Å². The number of nitrogens with zero attached hydrogens (tertiary/aromatic N) is 1. The predicted molar refractivity (Wildman–Crippen MR) is 86.9 cm³/mol. The van der Waals surface area contributed by atoms with Gasteiger partial charge in [-0.05, 0) is 31.4 Å². The molecule has 1 N–H and O–H groups in total. The Morgan fingerprint density at radius 2 is 2.00 bits per heavy atom. The summed E-state index contributed by atoms with van der Waals surface area (Å²) in [5.74, 6) is 0.827. The summed E-state index contributed by atoms with van der Waals surface area (Å²) in [4.78, 5) is 14.7. The zero-order valence-electron chi connectivity index (χ0n) is 13.4. The molecule has 4 nitrogen and oxygen atoms in total. The molecule has 1 saturated carbocycles. The van der Waals surface area contributed by atoms with Gasteiger partial charge in [-0.3, -0.25) is 9.69 Å². The van der Waals surface area contributed by atoms with Crippen LogP contribution >= 0.6 is 0 Å². The number of piperazine rings is 1. The van der Waals surface area contributed by atoms with E-state index in [1.165, 1.54) is 0 Å². The molecule has 0 bridgehead atoms. The second-order valence-corrected chi connectivity index (χ2v) is 6.54. The number of ether oxygens (including phenoxy) is 1. The van der Waals surface area contributed by atoms with E-state index in [2.05, 4.69) is 22.3 Å². The van der Waals surface area contributed by atoms with E-state index < -0.39 is 0 Å². The van der Waals surface area contributed by atoms with Crippen molar-refractivity contribution in [2.45, 2.75) is 39.2 Å². The van der Waals surface area contributed by atoms with Crippen molar-refractivity contribution >= 4 is 5.97 Å². The third-order valence-electron chi connectivity index (χ3n) is 4.73. The van der Waals surface area contributed by atoms with E-state index in [9.17, 15) is 4.79 Å². The monoisotopic (exact) mass is 302 g/mol. The van der Waals surface area contributed by atoms with Gasteiger partial charge in [0.25, 0.3) is 0 Å². The largest absolute Gasteiger partial charge is 0.426 e. The Morgan fingerprint density at radius 3 is 2.73 bits per heavy atom. The van der Waals surface area contributed by atoms with Crippen LogP contribution in [0.2, 0.25) is 0 Å². The van der Waals surface area contributed by atoms with Gasteiger partial charge in [0.1, 0.15) is 5.75 Å². The molecule has 1 aliphatic heterocycles. The lowest BCUT2D eigenvalue weighted by Gasteiger charge is -2.28. The first-order valence-corrected chi connectivity index (χ1v) is 8.46. The van der Waals surface area contributed by atoms with Crippen LogP contribution < -0.4 is 10.1 Å². The van der Waals surface area contributed by atoms with Gasteiger partial charge >= 0.3 is 5.97 Å². The molecule has 0 radical (unpaired) electrons. The molecule has 0 amide bonds. The van der Waals surface area contributed by atoms with Gasteiger partial charge in [-0.2, -0.15) is 0 Å². The maximum absolute atomic E-state index is 12.3. The molecule has 0 spiro atoms. The molecule has 120 valence electrons. The smallest absolute Gasteiger partial charge is 0.314 e. The Morgan fingerprint density at radius 1 is 1.27 bits per heavy atom. The molecule has 1 aliphatic carbocycles. The Labute approximate surface area is 132 Å². The number of esters is 1. The van der Waals surface area contributed by atoms with Crippen LogP contribution in [0, 0.1) is 12.8 Å². The molecule has 1 aromatic rings. The van der Waals surface area contributed by atoms with Crippen molar-refractivity contribution in [1.82, 2.24) is 10.2 Å². The Bertz CT molecular complexity index is 518. The quantitative estimate of drug-likeness (QED) is 0.685. The standard InChI is InChI=1S/C18H26N2O2/c1-14-6-7-16(13-20-10-8-19-9-11-20)17(12-14)22-18(21)15-4-2-3-5-15/h6-7,12,15,19H,2-5,8-11,13H2,1H3. The minimum atomic E-state index is -0.0374. The number of hydrogen-bond acceptors (Lipinski definition) is 4. The molecule has 4 heteroatoms. The molecule has 22 heavy (non-hydrogen) atoms. The third kappa shape index (κ3) is 3.87. The fraction of sp³-hybridized carbons (Fsp3) is 0.611. The first kappa shape index (κ1) is 15.5. The van der Waals surface area contributed by atoms with E-state index in [0.29, 0.717) is 0 Å². The van der Waals surface area contributed by atoms with Crippen LogP contribution in [0.5, 0.6) is 5.75 Å². The highest BCUT2D eigenvalue weighted by atomic mass is 16.5. The van der Waals surface area contributed by atoms with Crippen LogP contribution in [-0.2, 0) is 11.3 Å². The topological polar surface area (TPSA) is 41.6 Å². The normalized spacial score (nSPS) is 20.2. The molecule has 0 atom stereocenters. The zero-order chi connectivity index (χ0) is 15.4. The minimum Gasteiger partial charge on any atom is -0.426 e. The van der Waals surface area contributed by atoms with Crippen LogP contribution in [0.25, 0.3) is 0 Å². The zero-order valence-corrected chi connectivity index (χ0v) is 13.4. The van der Waals surface area contributed by atoms with Gasteiger partial charge in [-0.1, -0.05) is 25.0 Å². The van der Waals surface area contributed by atoms with Gasteiger partial charge in [-0.25, -0.2) is 0 Å². The average molecular weight is 302 g/mol. The average Bonchev–Trinajstić information content (AvgIpc) is 3.05. The van der Waals surface area contributed by atoms with Gasteiger partial charge < -0.3 is 10.1 Å². The van der Waals surface area contributed by atoms with Crippen molar-refractivity contribution in [1.29, 1.82) is 0 Å². The van der Waals surface area contributed by atoms with Crippen molar-refractivity contribution in [3.05, 3.63) is 29.3 Å². The summed E-state index contributed by atoms with van der Waals surface area (Å²) in [6, 6.07) is 6.21. The van der Waals surface area contributed by atoms with Crippen molar-refractivity contribution in [3.8, 4) is 5.75 Å². The lowest BCUT2D eigenvalue weighted by molar-refractivity contribution is -0.138. The summed E-state index contributed by atoms with van der Waals surface area (Å²) in [6.45, 7) is 7.05.